The SMILES string of the molecule is C1CCC2(CC1)CNCCN2C1CCCSC1. The van der Waals surface area contributed by atoms with Crippen molar-refractivity contribution in [3.05, 3.63) is 0 Å². The summed E-state index contributed by atoms with van der Waals surface area (Å²) in [5, 5.41) is 3.67. The first-order valence-corrected chi connectivity index (χ1v) is 8.61. The molecule has 1 N–H and O–H groups in total. The van der Waals surface area contributed by atoms with Crippen LogP contribution in [0.3, 0.4) is 0 Å². The molecule has 1 spiro atoms. The van der Waals surface area contributed by atoms with Crippen molar-refractivity contribution in [1.29, 1.82) is 0 Å². The summed E-state index contributed by atoms with van der Waals surface area (Å²) in [6, 6.07) is 0.883. The molecule has 2 saturated heterocycles. The van der Waals surface area contributed by atoms with Crippen molar-refractivity contribution in [2.45, 2.75) is 56.5 Å². The van der Waals surface area contributed by atoms with E-state index in [2.05, 4.69) is 22.0 Å². The molecule has 3 fully saturated rings. The predicted octanol–water partition coefficient (Wildman–Crippen LogP) is 2.49. The average Bonchev–Trinajstić information content (AvgIpc) is 2.41. The van der Waals surface area contributed by atoms with Crippen molar-refractivity contribution in [2.24, 2.45) is 0 Å². The van der Waals surface area contributed by atoms with E-state index in [1.54, 1.807) is 0 Å². The van der Waals surface area contributed by atoms with E-state index in [0.29, 0.717) is 5.54 Å². The molecule has 0 bridgehead atoms. The zero-order chi connectivity index (χ0) is 11.6. The fraction of sp³-hybridized carbons (Fsp3) is 1.00. The smallest absolute Gasteiger partial charge is 0.0337 e. The maximum absolute atomic E-state index is 3.67. The molecule has 1 aliphatic carbocycles. The molecule has 0 aromatic heterocycles. The summed E-state index contributed by atoms with van der Waals surface area (Å²) >= 11 is 2.18. The van der Waals surface area contributed by atoms with Gasteiger partial charge in [0.2, 0.25) is 0 Å². The topological polar surface area (TPSA) is 15.3 Å². The molecule has 1 atom stereocenters. The highest BCUT2D eigenvalue weighted by atomic mass is 32.2. The number of nitrogens with zero attached hydrogens (tertiary/aromatic N) is 1. The molecule has 0 aromatic rings. The van der Waals surface area contributed by atoms with Crippen LogP contribution in [-0.2, 0) is 0 Å². The molecule has 0 aromatic carbocycles. The lowest BCUT2D eigenvalue weighted by Crippen LogP contribution is -2.65. The standard InChI is InChI=1S/C14H26N2S/c1-2-6-14(7-3-1)12-15-8-9-16(14)13-5-4-10-17-11-13/h13,15H,1-12H2. The maximum atomic E-state index is 3.67. The Kier molecular flexibility index (Phi) is 3.98. The lowest BCUT2D eigenvalue weighted by atomic mass is 9.78. The van der Waals surface area contributed by atoms with Crippen molar-refractivity contribution in [3.8, 4) is 0 Å². The number of piperazine rings is 1. The summed E-state index contributed by atoms with van der Waals surface area (Å²) in [7, 11) is 0. The summed E-state index contributed by atoms with van der Waals surface area (Å²) in [5.74, 6) is 2.79. The maximum Gasteiger partial charge on any atom is 0.0337 e. The van der Waals surface area contributed by atoms with Gasteiger partial charge >= 0.3 is 0 Å². The van der Waals surface area contributed by atoms with Crippen LogP contribution in [-0.4, -0.2) is 47.6 Å². The summed E-state index contributed by atoms with van der Waals surface area (Å²) in [6.45, 7) is 3.77. The Labute approximate surface area is 110 Å². The molecule has 2 heterocycles. The molecule has 2 aliphatic heterocycles. The van der Waals surface area contributed by atoms with Crippen LogP contribution in [0.1, 0.15) is 44.9 Å². The Bertz CT molecular complexity index is 236. The Morgan fingerprint density at radius 2 is 2.00 bits per heavy atom. The number of rotatable bonds is 1. The van der Waals surface area contributed by atoms with Gasteiger partial charge in [0, 0.05) is 37.0 Å². The summed E-state index contributed by atoms with van der Waals surface area (Å²) < 4.78 is 0. The van der Waals surface area contributed by atoms with Crippen molar-refractivity contribution in [3.63, 3.8) is 0 Å². The Hall–Kier alpha value is 0.270. The predicted molar refractivity (Wildman–Crippen MR) is 75.7 cm³/mol. The van der Waals surface area contributed by atoms with Crippen molar-refractivity contribution >= 4 is 11.8 Å². The minimum absolute atomic E-state index is 0.541. The van der Waals surface area contributed by atoms with Gasteiger partial charge in [0.15, 0.2) is 0 Å². The van der Waals surface area contributed by atoms with E-state index in [-0.39, 0.29) is 0 Å². The monoisotopic (exact) mass is 254 g/mol. The van der Waals surface area contributed by atoms with Crippen LogP contribution in [0, 0.1) is 0 Å². The molecule has 98 valence electrons. The second-order valence-electron chi connectivity index (χ2n) is 6.03. The normalized spacial score (nSPS) is 34.9. The molecule has 17 heavy (non-hydrogen) atoms. The first-order valence-electron chi connectivity index (χ1n) is 7.46. The zero-order valence-electron chi connectivity index (χ0n) is 10.9. The van der Waals surface area contributed by atoms with E-state index in [4.69, 9.17) is 0 Å². The van der Waals surface area contributed by atoms with Gasteiger partial charge in [-0.25, -0.2) is 0 Å². The molecule has 3 heteroatoms. The first-order chi connectivity index (χ1) is 8.41. The van der Waals surface area contributed by atoms with E-state index in [9.17, 15) is 0 Å². The second-order valence-corrected chi connectivity index (χ2v) is 7.18. The van der Waals surface area contributed by atoms with Crippen molar-refractivity contribution < 1.29 is 0 Å². The van der Waals surface area contributed by atoms with Gasteiger partial charge in [-0.1, -0.05) is 19.3 Å². The Balaban J connectivity index is 1.73. The highest BCUT2D eigenvalue weighted by Gasteiger charge is 2.42. The third-order valence-corrected chi connectivity index (χ3v) is 6.15. The van der Waals surface area contributed by atoms with Crippen LogP contribution in [0.2, 0.25) is 0 Å². The van der Waals surface area contributed by atoms with E-state index in [1.807, 2.05) is 0 Å². The quantitative estimate of drug-likeness (QED) is 0.774. The van der Waals surface area contributed by atoms with Crippen molar-refractivity contribution in [1.82, 2.24) is 10.2 Å². The molecule has 1 saturated carbocycles. The van der Waals surface area contributed by atoms with Gasteiger partial charge in [-0.2, -0.15) is 11.8 Å². The average molecular weight is 254 g/mol. The van der Waals surface area contributed by atoms with Gasteiger partial charge in [0.05, 0.1) is 0 Å². The molecule has 1 unspecified atom stereocenters. The highest BCUT2D eigenvalue weighted by Crippen LogP contribution is 2.38. The number of hydrogen-bond acceptors (Lipinski definition) is 3. The van der Waals surface area contributed by atoms with Gasteiger partial charge in [-0.3, -0.25) is 4.90 Å². The summed E-state index contributed by atoms with van der Waals surface area (Å²) in [4.78, 5) is 2.93. The van der Waals surface area contributed by atoms with Crippen LogP contribution in [0.5, 0.6) is 0 Å². The minimum Gasteiger partial charge on any atom is -0.314 e. The third kappa shape index (κ3) is 2.52. The largest absolute Gasteiger partial charge is 0.314 e. The molecule has 0 radical (unpaired) electrons. The van der Waals surface area contributed by atoms with Crippen molar-refractivity contribution in [2.75, 3.05) is 31.1 Å². The zero-order valence-corrected chi connectivity index (χ0v) is 11.7. The summed E-state index contributed by atoms with van der Waals surface area (Å²) in [6.07, 6.45) is 10.2. The lowest BCUT2D eigenvalue weighted by Gasteiger charge is -2.53. The molecular formula is C14H26N2S. The molecular weight excluding hydrogens is 228 g/mol. The number of thioether (sulfide) groups is 1. The summed E-state index contributed by atoms with van der Waals surface area (Å²) in [5.41, 5.74) is 0.541. The van der Waals surface area contributed by atoms with E-state index >= 15 is 0 Å². The highest BCUT2D eigenvalue weighted by molar-refractivity contribution is 7.99. The van der Waals surface area contributed by atoms with Gasteiger partial charge in [0.1, 0.15) is 0 Å². The lowest BCUT2D eigenvalue weighted by molar-refractivity contribution is -0.00365. The number of hydrogen-bond donors (Lipinski definition) is 1. The van der Waals surface area contributed by atoms with E-state index in [1.165, 1.54) is 76.1 Å². The number of nitrogens with one attached hydrogen (secondary N) is 1. The van der Waals surface area contributed by atoms with Gasteiger partial charge < -0.3 is 5.32 Å². The van der Waals surface area contributed by atoms with Gasteiger partial charge in [-0.05, 0) is 31.4 Å². The minimum atomic E-state index is 0.541. The molecule has 3 aliphatic rings. The van der Waals surface area contributed by atoms with Crippen LogP contribution in [0.4, 0.5) is 0 Å². The second kappa shape index (κ2) is 5.50. The van der Waals surface area contributed by atoms with Gasteiger partial charge in [-0.15, -0.1) is 0 Å². The van der Waals surface area contributed by atoms with Crippen LogP contribution < -0.4 is 5.32 Å². The Morgan fingerprint density at radius 3 is 2.76 bits per heavy atom. The van der Waals surface area contributed by atoms with E-state index in [0.717, 1.165) is 6.04 Å². The third-order valence-electron chi connectivity index (χ3n) is 4.95. The Morgan fingerprint density at radius 1 is 1.12 bits per heavy atom. The van der Waals surface area contributed by atoms with Gasteiger partial charge in [0.25, 0.3) is 0 Å². The molecule has 3 rings (SSSR count). The fourth-order valence-corrected chi connectivity index (χ4v) is 5.23. The van der Waals surface area contributed by atoms with Crippen LogP contribution in [0.25, 0.3) is 0 Å². The fourth-order valence-electron chi connectivity index (χ4n) is 4.07. The first kappa shape index (κ1) is 12.3. The van der Waals surface area contributed by atoms with Crippen LogP contribution >= 0.6 is 11.8 Å². The molecule has 0 amide bonds. The van der Waals surface area contributed by atoms with E-state index < -0.39 is 0 Å². The van der Waals surface area contributed by atoms with Crippen LogP contribution in [0.15, 0.2) is 0 Å². The molecule has 2 nitrogen and oxygen atoms in total.